The first-order valence-corrected chi connectivity index (χ1v) is 14.9. The Bertz CT molecular complexity index is 668. The number of phosphoric acid groups is 1. The second-order valence-corrected chi connectivity index (χ2v) is 10.7. The zero-order chi connectivity index (χ0) is 25.6. The van der Waals surface area contributed by atoms with E-state index in [-0.39, 0.29) is 25.7 Å². The van der Waals surface area contributed by atoms with E-state index in [1.54, 1.807) is 0 Å². The van der Waals surface area contributed by atoms with Crippen LogP contribution in [0.1, 0.15) is 110 Å². The van der Waals surface area contributed by atoms with E-state index in [2.05, 4.69) is 23.4 Å². The summed E-state index contributed by atoms with van der Waals surface area (Å²) in [4.78, 5) is 32.6. The summed E-state index contributed by atoms with van der Waals surface area (Å²) < 4.78 is 27.8. The molecule has 1 aliphatic heterocycles. The van der Waals surface area contributed by atoms with Crippen molar-refractivity contribution in [1.29, 1.82) is 0 Å². The maximum atomic E-state index is 12.5. The summed E-state index contributed by atoms with van der Waals surface area (Å²) in [6.07, 6.45) is 23.3. The Balaban J connectivity index is 2.63. The molecule has 0 spiro atoms. The van der Waals surface area contributed by atoms with E-state index < -0.39 is 19.9 Å². The van der Waals surface area contributed by atoms with Crippen molar-refractivity contribution in [2.75, 3.05) is 13.2 Å². The van der Waals surface area contributed by atoms with Crippen LogP contribution in [0, 0.1) is 4.91 Å². The van der Waals surface area contributed by atoms with E-state index >= 15 is 0 Å². The van der Waals surface area contributed by atoms with Gasteiger partial charge in [-0.2, -0.15) is 4.91 Å². The molecule has 35 heavy (non-hydrogen) atoms. The molecule has 0 bridgehead atoms. The molecule has 0 radical (unpaired) electrons. The Hall–Kier alpha value is -1.34. The second-order valence-electron chi connectivity index (χ2n) is 9.26. The van der Waals surface area contributed by atoms with Crippen LogP contribution in [0.2, 0.25) is 0 Å². The largest absolute Gasteiger partial charge is 0.472 e. The summed E-state index contributed by atoms with van der Waals surface area (Å²) in [5, 5.41) is 2.60. The van der Waals surface area contributed by atoms with Gasteiger partial charge in [-0.1, -0.05) is 87.3 Å². The Morgan fingerprint density at radius 1 is 0.943 bits per heavy atom. The first-order valence-electron chi connectivity index (χ1n) is 13.4. The number of phosphoric ester groups is 1. The molecule has 1 rings (SSSR count). The number of carbonyl (C=O) groups excluding carboxylic acids is 1. The van der Waals surface area contributed by atoms with E-state index in [1.807, 2.05) is 13.0 Å². The van der Waals surface area contributed by atoms with Crippen molar-refractivity contribution in [3.8, 4) is 0 Å². The lowest BCUT2D eigenvalue weighted by Crippen LogP contribution is -2.22. The van der Waals surface area contributed by atoms with Gasteiger partial charge in [-0.15, -0.1) is 0 Å². The van der Waals surface area contributed by atoms with Crippen LogP contribution in [0.15, 0.2) is 29.5 Å². The maximum Gasteiger partial charge on any atom is 0.472 e. The Kier molecular flexibility index (Phi) is 18.8. The molecule has 0 aromatic heterocycles. The topological polar surface area (TPSA) is 111 Å². The third-order valence-electron chi connectivity index (χ3n) is 5.89. The predicted octanol–water partition coefficient (Wildman–Crippen LogP) is 7.55. The minimum atomic E-state index is -4.40. The molecule has 0 saturated carbocycles. The molecular weight excluding hydrogens is 469 g/mol. The highest BCUT2D eigenvalue weighted by Crippen LogP contribution is 2.45. The van der Waals surface area contributed by atoms with Crippen LogP contribution in [0.25, 0.3) is 0 Å². The van der Waals surface area contributed by atoms with Crippen LogP contribution in [0.4, 0.5) is 0 Å². The quantitative estimate of drug-likeness (QED) is 0.128. The molecule has 0 aromatic carbocycles. The zero-order valence-corrected chi connectivity index (χ0v) is 22.4. The summed E-state index contributed by atoms with van der Waals surface area (Å²) in [7, 11) is -4.40. The monoisotopic (exact) mass is 515 g/mol. The summed E-state index contributed by atoms with van der Waals surface area (Å²) in [5.41, 5.74) is 0. The molecule has 9 heteroatoms. The first kappa shape index (κ1) is 31.7. The average Bonchev–Trinajstić information content (AvgIpc) is 2.79. The molecule has 1 aliphatic rings. The smallest absolute Gasteiger partial charge is 0.462 e. The van der Waals surface area contributed by atoms with Crippen LogP contribution in [0.3, 0.4) is 0 Å². The van der Waals surface area contributed by atoms with Crippen molar-refractivity contribution in [2.45, 2.75) is 122 Å². The van der Waals surface area contributed by atoms with Gasteiger partial charge in [0, 0.05) is 6.42 Å². The third kappa shape index (κ3) is 19.5. The number of cyclic esters (lactones) is 1. The SMILES string of the molecule is C[C@H]1C/C=C/CC/C=C\CCCCCCCCCCCC[C@@H](OP(=O)(O)OCCN=O)CC(=O)O1. The van der Waals surface area contributed by atoms with Crippen LogP contribution in [-0.2, 0) is 23.1 Å². The molecule has 1 N–H and O–H groups in total. The van der Waals surface area contributed by atoms with E-state index in [0.29, 0.717) is 12.8 Å². The summed E-state index contributed by atoms with van der Waals surface area (Å²) >= 11 is 0. The van der Waals surface area contributed by atoms with Gasteiger partial charge in [0.05, 0.1) is 19.1 Å². The molecule has 3 atom stereocenters. The molecule has 0 amide bonds. The number of hydrogen-bond acceptors (Lipinski definition) is 7. The minimum Gasteiger partial charge on any atom is -0.462 e. The lowest BCUT2D eigenvalue weighted by molar-refractivity contribution is -0.150. The number of nitroso groups, excluding NO2 is 1. The number of hydrogen-bond donors (Lipinski definition) is 1. The van der Waals surface area contributed by atoms with Gasteiger partial charge in [0.1, 0.15) is 12.6 Å². The highest BCUT2D eigenvalue weighted by atomic mass is 31.2. The first-order chi connectivity index (χ1) is 16.9. The Labute approximate surface area is 211 Å². The van der Waals surface area contributed by atoms with E-state index in [4.69, 9.17) is 13.8 Å². The number of allylic oxidation sites excluding steroid dienone is 3. The van der Waals surface area contributed by atoms with Gasteiger partial charge in [-0.3, -0.25) is 13.8 Å². The highest BCUT2D eigenvalue weighted by molar-refractivity contribution is 7.47. The van der Waals surface area contributed by atoms with Crippen LogP contribution >= 0.6 is 7.82 Å². The molecule has 1 heterocycles. The van der Waals surface area contributed by atoms with Crippen molar-refractivity contribution in [1.82, 2.24) is 0 Å². The molecular formula is C26H46NO7P. The fraction of sp³-hybridized carbons (Fsp3) is 0.808. The predicted molar refractivity (Wildman–Crippen MR) is 139 cm³/mol. The highest BCUT2D eigenvalue weighted by Gasteiger charge is 2.28. The number of rotatable bonds is 6. The molecule has 0 saturated heterocycles. The van der Waals surface area contributed by atoms with Gasteiger partial charge >= 0.3 is 13.8 Å². The van der Waals surface area contributed by atoms with Crippen LogP contribution in [-0.4, -0.2) is 36.2 Å². The van der Waals surface area contributed by atoms with Gasteiger partial charge in [-0.05, 0) is 39.0 Å². The van der Waals surface area contributed by atoms with Crippen molar-refractivity contribution >= 4 is 13.8 Å². The van der Waals surface area contributed by atoms with Crippen molar-refractivity contribution in [3.63, 3.8) is 0 Å². The number of esters is 1. The maximum absolute atomic E-state index is 12.5. The molecule has 8 nitrogen and oxygen atoms in total. The Morgan fingerprint density at radius 3 is 2.17 bits per heavy atom. The van der Waals surface area contributed by atoms with Gasteiger partial charge < -0.3 is 9.63 Å². The fourth-order valence-corrected chi connectivity index (χ4v) is 4.92. The lowest BCUT2D eigenvalue weighted by atomic mass is 10.0. The second kappa shape index (κ2) is 20.8. The molecule has 0 aromatic rings. The van der Waals surface area contributed by atoms with Crippen LogP contribution in [0.5, 0.6) is 0 Å². The van der Waals surface area contributed by atoms with E-state index in [0.717, 1.165) is 38.5 Å². The van der Waals surface area contributed by atoms with E-state index in [9.17, 15) is 19.2 Å². The third-order valence-corrected chi connectivity index (χ3v) is 6.97. The van der Waals surface area contributed by atoms with Crippen LogP contribution < -0.4 is 0 Å². The molecule has 202 valence electrons. The van der Waals surface area contributed by atoms with E-state index in [1.165, 1.54) is 44.9 Å². The standard InChI is InChI=1S/C26H46NO7P/c1-24-19-17-15-13-11-9-7-5-3-2-4-6-8-10-12-14-16-18-20-25(23-26(28)33-24)34-35(30,31)32-22-21-27-29/h7,9,15,17,24-25H,2-6,8,10-14,16,18-23H2,1H3,(H,30,31)/b9-7-,17-15+/t24-,25+/m0/s1. The number of ether oxygens (including phenoxy) is 1. The van der Waals surface area contributed by atoms with Gasteiger partial charge in [0.25, 0.3) is 0 Å². The molecule has 0 fully saturated rings. The lowest BCUT2D eigenvalue weighted by Gasteiger charge is -2.21. The van der Waals surface area contributed by atoms with Crippen molar-refractivity contribution < 1.29 is 28.0 Å². The normalized spacial score (nSPS) is 27.0. The summed E-state index contributed by atoms with van der Waals surface area (Å²) in [6, 6.07) is 0. The van der Waals surface area contributed by atoms with Crippen molar-refractivity contribution in [3.05, 3.63) is 29.2 Å². The molecule has 0 aliphatic carbocycles. The minimum absolute atomic E-state index is 0.126. The molecule has 1 unspecified atom stereocenters. The Morgan fingerprint density at radius 2 is 1.51 bits per heavy atom. The number of nitrogens with zero attached hydrogens (tertiary/aromatic N) is 1. The van der Waals surface area contributed by atoms with Crippen molar-refractivity contribution in [2.24, 2.45) is 5.18 Å². The van der Waals surface area contributed by atoms with Gasteiger partial charge in [0.2, 0.25) is 0 Å². The summed E-state index contributed by atoms with van der Waals surface area (Å²) in [5.74, 6) is -0.470. The zero-order valence-electron chi connectivity index (χ0n) is 21.5. The van der Waals surface area contributed by atoms with Gasteiger partial charge in [-0.25, -0.2) is 4.57 Å². The number of carbonyl (C=O) groups is 1. The average molecular weight is 516 g/mol. The van der Waals surface area contributed by atoms with Gasteiger partial charge in [0.15, 0.2) is 0 Å². The fourth-order valence-electron chi connectivity index (χ4n) is 3.99. The summed E-state index contributed by atoms with van der Waals surface area (Å²) in [6.45, 7) is 1.27.